The summed E-state index contributed by atoms with van der Waals surface area (Å²) in [6, 6.07) is 0. The Morgan fingerprint density at radius 3 is 0.920 bits per heavy atom. The standard InChI is InChI=1S/C78H147NO8/c1-6-8-10-12-14-16-18-20-22-24-26-28-29-30-31-32-33-34-35-36-37-38-39-40-41-42-43-44-45-46-47-49-51-53-55-57-59-61-63-65-67-69-76(81)87-74(73-86-78(77(82)83)84-71-70-79(3,4)5)72-85-75(80)68-66-64-62-60-58-56-54-52-50-48-27-25-23-21-19-17-15-13-11-9-7-2/h18,20,24,26,29-30,74,78H,6-17,19,21-23,25,27-28,31-73H2,1-5H3/b20-18-,26-24-,30-29-. The van der Waals surface area contributed by atoms with Crippen LogP contribution in [0.1, 0.15) is 386 Å². The average Bonchev–Trinajstić information content (AvgIpc) is 3.59. The number of hydrogen-bond donors (Lipinski definition) is 0. The van der Waals surface area contributed by atoms with Gasteiger partial charge in [0.1, 0.15) is 13.2 Å². The number of rotatable bonds is 72. The van der Waals surface area contributed by atoms with E-state index in [0.29, 0.717) is 17.4 Å². The monoisotopic (exact) mass is 1230 g/mol. The maximum absolute atomic E-state index is 12.9. The molecule has 512 valence electrons. The molecule has 0 spiro atoms. The molecule has 2 atom stereocenters. The molecule has 0 aromatic carbocycles. The van der Waals surface area contributed by atoms with Crippen LogP contribution in [-0.2, 0) is 33.3 Å². The number of allylic oxidation sites excluding steroid dienone is 6. The second kappa shape index (κ2) is 69.4. The molecule has 0 amide bonds. The highest BCUT2D eigenvalue weighted by Crippen LogP contribution is 2.19. The zero-order valence-corrected chi connectivity index (χ0v) is 58.7. The van der Waals surface area contributed by atoms with Crippen molar-refractivity contribution < 1.29 is 42.9 Å². The SMILES string of the molecule is CCCCCCC/C=C\C/C=C\C/C=C\CCCCCCCCCCCCCCCCCCCCCCCCCCCCC(=O)OC(COC(=O)CCCCCCCCCCCCCCCCCCCCCCC)COC(OCC[N+](C)(C)C)C(=O)[O-]. The number of carbonyl (C=O) groups is 3. The number of ether oxygens (including phenoxy) is 4. The second-order valence-corrected chi connectivity index (χ2v) is 27.3. The number of carboxylic acids is 1. The lowest BCUT2D eigenvalue weighted by atomic mass is 10.0. The molecule has 2 unspecified atom stereocenters. The molecule has 0 heterocycles. The third kappa shape index (κ3) is 70.8. The summed E-state index contributed by atoms with van der Waals surface area (Å²) in [6.07, 6.45) is 85.5. The highest BCUT2D eigenvalue weighted by Gasteiger charge is 2.22. The Bertz CT molecular complexity index is 1520. The van der Waals surface area contributed by atoms with Crippen molar-refractivity contribution in [2.24, 2.45) is 0 Å². The first kappa shape index (κ1) is 84.5. The van der Waals surface area contributed by atoms with E-state index in [1.807, 2.05) is 21.1 Å². The highest BCUT2D eigenvalue weighted by atomic mass is 16.7. The first-order valence-electron chi connectivity index (χ1n) is 38.1. The fourth-order valence-corrected chi connectivity index (χ4v) is 11.6. The smallest absolute Gasteiger partial charge is 0.306 e. The minimum absolute atomic E-state index is 0.152. The molecule has 9 heteroatoms. The van der Waals surface area contributed by atoms with Gasteiger partial charge in [-0.05, 0) is 51.4 Å². The van der Waals surface area contributed by atoms with Crippen LogP contribution in [0.4, 0.5) is 0 Å². The Labute approximate surface area is 540 Å². The van der Waals surface area contributed by atoms with Crippen molar-refractivity contribution in [2.45, 2.75) is 399 Å². The minimum atomic E-state index is -1.62. The van der Waals surface area contributed by atoms with E-state index in [4.69, 9.17) is 18.9 Å². The van der Waals surface area contributed by atoms with Crippen molar-refractivity contribution in [3.05, 3.63) is 36.5 Å². The van der Waals surface area contributed by atoms with E-state index in [-0.39, 0.29) is 32.2 Å². The topological polar surface area (TPSA) is 111 Å². The summed E-state index contributed by atoms with van der Waals surface area (Å²) < 4.78 is 22.8. The first-order valence-corrected chi connectivity index (χ1v) is 38.1. The minimum Gasteiger partial charge on any atom is -0.545 e. The summed E-state index contributed by atoms with van der Waals surface area (Å²) in [5, 5.41) is 11.8. The summed E-state index contributed by atoms with van der Waals surface area (Å²) >= 11 is 0. The lowest BCUT2D eigenvalue weighted by molar-refractivity contribution is -0.870. The molecule has 0 saturated heterocycles. The van der Waals surface area contributed by atoms with Crippen molar-refractivity contribution >= 4 is 17.9 Å². The van der Waals surface area contributed by atoms with Gasteiger partial charge in [0.15, 0.2) is 12.4 Å². The molecular formula is C78H147NO8. The normalized spacial score (nSPS) is 12.8. The molecule has 0 aliphatic heterocycles. The number of quaternary nitrogens is 1. The molecule has 0 bridgehead atoms. The van der Waals surface area contributed by atoms with Gasteiger partial charge in [-0.2, -0.15) is 0 Å². The van der Waals surface area contributed by atoms with Crippen LogP contribution in [0.15, 0.2) is 36.5 Å². The van der Waals surface area contributed by atoms with E-state index >= 15 is 0 Å². The molecule has 0 saturated carbocycles. The number of aliphatic carboxylic acids is 1. The summed E-state index contributed by atoms with van der Waals surface area (Å²) in [5.41, 5.74) is 0. The van der Waals surface area contributed by atoms with Gasteiger partial charge in [0.05, 0.1) is 40.3 Å². The number of likely N-dealkylation sites (N-methyl/N-ethyl adjacent to an activating group) is 1. The number of unbranched alkanes of at least 4 members (excludes halogenated alkanes) is 51. The van der Waals surface area contributed by atoms with Crippen molar-refractivity contribution in [3.8, 4) is 0 Å². The Morgan fingerprint density at radius 1 is 0.345 bits per heavy atom. The highest BCUT2D eigenvalue weighted by molar-refractivity contribution is 5.70. The van der Waals surface area contributed by atoms with Crippen LogP contribution in [0.25, 0.3) is 0 Å². The molecular weight excluding hydrogens is 1080 g/mol. The molecule has 0 aliphatic carbocycles. The molecule has 0 radical (unpaired) electrons. The molecule has 9 nitrogen and oxygen atoms in total. The maximum atomic E-state index is 12.9. The van der Waals surface area contributed by atoms with Crippen molar-refractivity contribution in [1.29, 1.82) is 0 Å². The Kier molecular flexibility index (Phi) is 67.4. The first-order chi connectivity index (χ1) is 42.6. The summed E-state index contributed by atoms with van der Waals surface area (Å²) in [5.74, 6) is -2.25. The fourth-order valence-electron chi connectivity index (χ4n) is 11.6. The van der Waals surface area contributed by atoms with Crippen LogP contribution in [-0.4, -0.2) is 82.3 Å². The van der Waals surface area contributed by atoms with Crippen molar-refractivity contribution in [2.75, 3.05) is 47.5 Å². The Morgan fingerprint density at radius 2 is 0.621 bits per heavy atom. The zero-order chi connectivity index (χ0) is 63.3. The average molecular weight is 1230 g/mol. The van der Waals surface area contributed by atoms with E-state index in [2.05, 4.69) is 50.3 Å². The van der Waals surface area contributed by atoms with Crippen LogP contribution in [0.5, 0.6) is 0 Å². The van der Waals surface area contributed by atoms with E-state index in [1.165, 1.54) is 308 Å². The van der Waals surface area contributed by atoms with Crippen LogP contribution in [0.2, 0.25) is 0 Å². The number of esters is 2. The predicted octanol–water partition coefficient (Wildman–Crippen LogP) is 22.6. The zero-order valence-electron chi connectivity index (χ0n) is 58.7. The lowest BCUT2D eigenvalue weighted by Crippen LogP contribution is -2.44. The van der Waals surface area contributed by atoms with Gasteiger partial charge in [0, 0.05) is 12.8 Å². The fraction of sp³-hybridized carbons (Fsp3) is 0.885. The lowest BCUT2D eigenvalue weighted by Gasteiger charge is -2.26. The van der Waals surface area contributed by atoms with Crippen LogP contribution >= 0.6 is 0 Å². The number of hydrogen-bond acceptors (Lipinski definition) is 8. The molecule has 0 aromatic heterocycles. The summed E-state index contributed by atoms with van der Waals surface area (Å²) in [4.78, 5) is 37.5. The van der Waals surface area contributed by atoms with Gasteiger partial charge >= 0.3 is 11.9 Å². The van der Waals surface area contributed by atoms with E-state index in [0.717, 1.165) is 51.4 Å². The van der Waals surface area contributed by atoms with Gasteiger partial charge in [0.2, 0.25) is 0 Å². The quantitative estimate of drug-likeness (QED) is 0.0195. The van der Waals surface area contributed by atoms with Gasteiger partial charge in [0.25, 0.3) is 0 Å². The van der Waals surface area contributed by atoms with Gasteiger partial charge in [-0.15, -0.1) is 0 Å². The van der Waals surface area contributed by atoms with E-state index in [9.17, 15) is 19.5 Å². The van der Waals surface area contributed by atoms with E-state index in [1.54, 1.807) is 0 Å². The van der Waals surface area contributed by atoms with Crippen LogP contribution in [0, 0.1) is 0 Å². The number of nitrogens with zero attached hydrogens (tertiary/aromatic N) is 1. The van der Waals surface area contributed by atoms with E-state index < -0.39 is 24.3 Å². The number of carboxylic acid groups (broad SMARTS) is 1. The Balaban J connectivity index is 3.93. The van der Waals surface area contributed by atoms with Gasteiger partial charge in [-0.1, -0.05) is 359 Å². The molecule has 0 aliphatic rings. The molecule has 0 fully saturated rings. The van der Waals surface area contributed by atoms with Crippen LogP contribution in [0.3, 0.4) is 0 Å². The third-order valence-corrected chi connectivity index (χ3v) is 17.4. The molecule has 87 heavy (non-hydrogen) atoms. The van der Waals surface area contributed by atoms with Gasteiger partial charge in [-0.25, -0.2) is 0 Å². The Hall–Kier alpha value is -2.49. The molecule has 0 N–H and O–H groups in total. The van der Waals surface area contributed by atoms with Crippen LogP contribution < -0.4 is 5.11 Å². The van der Waals surface area contributed by atoms with Gasteiger partial charge in [-0.3, -0.25) is 9.59 Å². The second-order valence-electron chi connectivity index (χ2n) is 27.3. The summed E-state index contributed by atoms with van der Waals surface area (Å²) in [6.45, 7) is 4.81. The van der Waals surface area contributed by atoms with Crippen molar-refractivity contribution in [3.63, 3.8) is 0 Å². The third-order valence-electron chi connectivity index (χ3n) is 17.4. The largest absolute Gasteiger partial charge is 0.545 e. The molecule has 0 rings (SSSR count). The maximum Gasteiger partial charge on any atom is 0.306 e. The van der Waals surface area contributed by atoms with Crippen molar-refractivity contribution in [1.82, 2.24) is 0 Å². The summed E-state index contributed by atoms with van der Waals surface area (Å²) in [7, 11) is 5.95. The molecule has 0 aromatic rings. The van der Waals surface area contributed by atoms with Gasteiger partial charge < -0.3 is 33.3 Å². The predicted molar refractivity (Wildman–Crippen MR) is 371 cm³/mol. The number of carbonyl (C=O) groups excluding carboxylic acids is 3.